The van der Waals surface area contributed by atoms with Gasteiger partial charge in [-0.15, -0.1) is 5.10 Å². The molecule has 0 fully saturated rings. The van der Waals surface area contributed by atoms with E-state index in [0.717, 1.165) is 23.3 Å². The number of benzene rings is 3. The van der Waals surface area contributed by atoms with Crippen LogP contribution in [0.15, 0.2) is 72.8 Å². The van der Waals surface area contributed by atoms with E-state index in [0.29, 0.717) is 42.3 Å². The SMILES string of the molecule is CCn1nnc2cc(C(=O)N(CC=Cc3ccccc3)c3ccc4c(c3)OCCO4)ccc21. The first-order valence-corrected chi connectivity index (χ1v) is 11.0. The molecule has 0 radical (unpaired) electrons. The summed E-state index contributed by atoms with van der Waals surface area (Å²) in [6, 6.07) is 21.1. The molecule has 0 spiro atoms. The minimum absolute atomic E-state index is 0.127. The largest absolute Gasteiger partial charge is 0.486 e. The highest BCUT2D eigenvalue weighted by molar-refractivity contribution is 6.08. The summed E-state index contributed by atoms with van der Waals surface area (Å²) in [5.41, 5.74) is 3.96. The van der Waals surface area contributed by atoms with Crippen molar-refractivity contribution in [2.75, 3.05) is 24.7 Å². The van der Waals surface area contributed by atoms with Crippen molar-refractivity contribution in [3.63, 3.8) is 0 Å². The van der Waals surface area contributed by atoms with Gasteiger partial charge in [0, 0.05) is 30.4 Å². The standard InChI is InChI=1S/C26H24N4O3/c1-2-30-23-12-10-20(17-22(23)27-28-30)26(31)29(14-6-9-19-7-4-3-5-8-19)21-11-13-24-25(18-21)33-16-15-32-24/h3-13,17-18H,2,14-16H2,1H3. The van der Waals surface area contributed by atoms with E-state index in [1.54, 1.807) is 11.0 Å². The molecular weight excluding hydrogens is 416 g/mol. The number of aromatic nitrogens is 3. The molecule has 7 heteroatoms. The molecule has 7 nitrogen and oxygen atoms in total. The van der Waals surface area contributed by atoms with E-state index in [2.05, 4.69) is 10.3 Å². The summed E-state index contributed by atoms with van der Waals surface area (Å²) in [6.07, 6.45) is 3.99. The lowest BCUT2D eigenvalue weighted by atomic mass is 10.1. The summed E-state index contributed by atoms with van der Waals surface area (Å²) < 4.78 is 13.2. The average molecular weight is 441 g/mol. The number of rotatable bonds is 6. The van der Waals surface area contributed by atoms with Gasteiger partial charge in [-0.25, -0.2) is 4.68 Å². The molecule has 33 heavy (non-hydrogen) atoms. The Kier molecular flexibility index (Phi) is 5.76. The van der Waals surface area contributed by atoms with E-state index in [1.165, 1.54) is 0 Å². The average Bonchev–Trinajstić information content (AvgIpc) is 3.29. The normalized spacial score (nSPS) is 12.9. The molecule has 3 aromatic carbocycles. The van der Waals surface area contributed by atoms with Crippen molar-refractivity contribution < 1.29 is 14.3 Å². The highest BCUT2D eigenvalue weighted by Gasteiger charge is 2.21. The first-order valence-electron chi connectivity index (χ1n) is 11.0. The van der Waals surface area contributed by atoms with Crippen LogP contribution in [0.1, 0.15) is 22.8 Å². The number of hydrogen-bond acceptors (Lipinski definition) is 5. The van der Waals surface area contributed by atoms with Gasteiger partial charge in [0.15, 0.2) is 11.5 Å². The van der Waals surface area contributed by atoms with Gasteiger partial charge in [-0.1, -0.05) is 47.7 Å². The Labute approximate surface area is 191 Å². The Bertz CT molecular complexity index is 1310. The molecule has 1 aliphatic rings. The fourth-order valence-electron chi connectivity index (χ4n) is 3.86. The molecule has 0 atom stereocenters. The smallest absolute Gasteiger partial charge is 0.258 e. The number of carbonyl (C=O) groups is 1. The van der Waals surface area contributed by atoms with Gasteiger partial charge in [0.25, 0.3) is 5.91 Å². The van der Waals surface area contributed by atoms with Crippen molar-refractivity contribution >= 4 is 28.7 Å². The molecule has 0 saturated heterocycles. The number of aryl methyl sites for hydroxylation is 1. The molecule has 1 amide bonds. The van der Waals surface area contributed by atoms with Crippen LogP contribution in [0.5, 0.6) is 11.5 Å². The maximum absolute atomic E-state index is 13.6. The van der Waals surface area contributed by atoms with E-state index >= 15 is 0 Å². The first kappa shape index (κ1) is 20.8. The summed E-state index contributed by atoms with van der Waals surface area (Å²) in [5.74, 6) is 1.21. The second kappa shape index (κ2) is 9.16. The zero-order chi connectivity index (χ0) is 22.6. The van der Waals surface area contributed by atoms with E-state index in [4.69, 9.17) is 9.47 Å². The second-order valence-corrected chi connectivity index (χ2v) is 7.67. The molecule has 0 aliphatic carbocycles. The molecule has 0 bridgehead atoms. The van der Waals surface area contributed by atoms with Crippen LogP contribution in [0.2, 0.25) is 0 Å². The number of nitrogens with zero attached hydrogens (tertiary/aromatic N) is 4. The molecule has 1 aliphatic heterocycles. The summed E-state index contributed by atoms with van der Waals surface area (Å²) >= 11 is 0. The minimum atomic E-state index is -0.127. The van der Waals surface area contributed by atoms with Gasteiger partial charge in [-0.2, -0.15) is 0 Å². The van der Waals surface area contributed by atoms with E-state index < -0.39 is 0 Å². The van der Waals surface area contributed by atoms with E-state index in [-0.39, 0.29) is 5.91 Å². The number of amides is 1. The fraction of sp³-hybridized carbons (Fsp3) is 0.192. The van der Waals surface area contributed by atoms with Crippen molar-refractivity contribution in [1.82, 2.24) is 15.0 Å². The molecule has 0 unspecified atom stereocenters. The second-order valence-electron chi connectivity index (χ2n) is 7.67. The monoisotopic (exact) mass is 440 g/mol. The first-order chi connectivity index (χ1) is 16.2. The Morgan fingerprint density at radius 2 is 1.85 bits per heavy atom. The van der Waals surface area contributed by atoms with Crippen molar-refractivity contribution in [1.29, 1.82) is 0 Å². The maximum Gasteiger partial charge on any atom is 0.258 e. The molecule has 2 heterocycles. The highest BCUT2D eigenvalue weighted by Crippen LogP contribution is 2.34. The van der Waals surface area contributed by atoms with Crippen molar-refractivity contribution in [3.8, 4) is 11.5 Å². The molecule has 0 saturated carbocycles. The van der Waals surface area contributed by atoms with Gasteiger partial charge in [0.05, 0.1) is 5.52 Å². The number of anilines is 1. The van der Waals surface area contributed by atoms with E-state index in [1.807, 2.05) is 84.4 Å². The van der Waals surface area contributed by atoms with Gasteiger partial charge in [0.2, 0.25) is 0 Å². The minimum Gasteiger partial charge on any atom is -0.486 e. The quantitative estimate of drug-likeness (QED) is 0.439. The molecular formula is C26H24N4O3. The highest BCUT2D eigenvalue weighted by atomic mass is 16.6. The van der Waals surface area contributed by atoms with Crippen LogP contribution in [-0.2, 0) is 6.54 Å². The zero-order valence-corrected chi connectivity index (χ0v) is 18.3. The Morgan fingerprint density at radius 1 is 1.03 bits per heavy atom. The lowest BCUT2D eigenvalue weighted by Crippen LogP contribution is -2.31. The fourth-order valence-corrected chi connectivity index (χ4v) is 3.86. The number of carbonyl (C=O) groups excluding carboxylic acids is 1. The predicted molar refractivity (Wildman–Crippen MR) is 128 cm³/mol. The third-order valence-electron chi connectivity index (χ3n) is 5.54. The summed E-state index contributed by atoms with van der Waals surface area (Å²) in [5, 5.41) is 8.36. The van der Waals surface area contributed by atoms with Gasteiger partial charge in [0.1, 0.15) is 18.7 Å². The summed E-state index contributed by atoms with van der Waals surface area (Å²) in [6.45, 7) is 4.13. The summed E-state index contributed by atoms with van der Waals surface area (Å²) in [4.78, 5) is 15.4. The number of ether oxygens (including phenoxy) is 2. The van der Waals surface area contributed by atoms with Gasteiger partial charge in [-0.3, -0.25) is 4.79 Å². The van der Waals surface area contributed by atoms with Crippen LogP contribution in [0.25, 0.3) is 17.1 Å². The Balaban J connectivity index is 1.48. The topological polar surface area (TPSA) is 69.5 Å². The number of hydrogen-bond donors (Lipinski definition) is 0. The van der Waals surface area contributed by atoms with Crippen LogP contribution < -0.4 is 14.4 Å². The molecule has 1 aromatic heterocycles. The third kappa shape index (κ3) is 4.30. The van der Waals surface area contributed by atoms with Crippen molar-refractivity contribution in [2.24, 2.45) is 0 Å². The van der Waals surface area contributed by atoms with E-state index in [9.17, 15) is 4.79 Å². The van der Waals surface area contributed by atoms with Gasteiger partial charge >= 0.3 is 0 Å². The van der Waals surface area contributed by atoms with Crippen LogP contribution in [0.3, 0.4) is 0 Å². The molecule has 4 aromatic rings. The lowest BCUT2D eigenvalue weighted by Gasteiger charge is -2.24. The van der Waals surface area contributed by atoms with Gasteiger partial charge < -0.3 is 14.4 Å². The third-order valence-corrected chi connectivity index (χ3v) is 5.54. The molecule has 166 valence electrons. The van der Waals surface area contributed by atoms with Gasteiger partial charge in [-0.05, 0) is 42.8 Å². The molecule has 0 N–H and O–H groups in total. The number of fused-ring (bicyclic) bond motifs is 2. The zero-order valence-electron chi connectivity index (χ0n) is 18.3. The van der Waals surface area contributed by atoms with Crippen LogP contribution in [-0.4, -0.2) is 40.7 Å². The van der Waals surface area contributed by atoms with Crippen LogP contribution in [0, 0.1) is 0 Å². The summed E-state index contributed by atoms with van der Waals surface area (Å²) in [7, 11) is 0. The van der Waals surface area contributed by atoms with Crippen LogP contribution >= 0.6 is 0 Å². The van der Waals surface area contributed by atoms with Crippen LogP contribution in [0.4, 0.5) is 5.69 Å². The van der Waals surface area contributed by atoms with Crippen molar-refractivity contribution in [3.05, 3.63) is 83.9 Å². The predicted octanol–water partition coefficient (Wildman–Crippen LogP) is 4.58. The lowest BCUT2D eigenvalue weighted by molar-refractivity contribution is 0.0989. The molecule has 5 rings (SSSR count). The maximum atomic E-state index is 13.6. The Morgan fingerprint density at radius 3 is 2.67 bits per heavy atom. The van der Waals surface area contributed by atoms with Crippen molar-refractivity contribution in [2.45, 2.75) is 13.5 Å². The Hall–Kier alpha value is -4.13.